The molecule has 0 aromatic heterocycles. The summed E-state index contributed by atoms with van der Waals surface area (Å²) in [5.74, 6) is 4.94. The first-order valence-corrected chi connectivity index (χ1v) is 9.29. The Morgan fingerprint density at radius 1 is 1.10 bits per heavy atom. The number of carbonyl (C=O) groups excluding carboxylic acids is 1. The molecule has 0 N–H and O–H groups in total. The number of Topliss-reactive ketones (excluding diaryl/α,β-unsaturated/α-hetero) is 1. The fourth-order valence-corrected chi connectivity index (χ4v) is 7.38. The van der Waals surface area contributed by atoms with E-state index in [1.54, 1.807) is 0 Å². The van der Waals surface area contributed by atoms with Gasteiger partial charge in [0.15, 0.2) is 0 Å². The van der Waals surface area contributed by atoms with Gasteiger partial charge >= 0.3 is 0 Å². The van der Waals surface area contributed by atoms with Gasteiger partial charge in [0.25, 0.3) is 0 Å². The van der Waals surface area contributed by atoms with Crippen LogP contribution in [0.1, 0.15) is 65.2 Å². The van der Waals surface area contributed by atoms with Gasteiger partial charge in [-0.2, -0.15) is 0 Å². The number of ketones is 1. The molecule has 0 heterocycles. The lowest BCUT2D eigenvalue weighted by atomic mass is 9.47. The molecule has 5 rings (SSSR count). The van der Waals surface area contributed by atoms with Crippen molar-refractivity contribution in [2.24, 2.45) is 40.4 Å². The Kier molecular flexibility index (Phi) is 2.36. The third kappa shape index (κ3) is 1.42. The van der Waals surface area contributed by atoms with Crippen LogP contribution in [0.25, 0.3) is 0 Å². The van der Waals surface area contributed by atoms with Crippen LogP contribution in [0.5, 0.6) is 0 Å². The molecule has 0 aliphatic heterocycles. The summed E-state index contributed by atoms with van der Waals surface area (Å²) in [4.78, 5) is 12.5. The minimum atomic E-state index is 0.0561. The molecule has 4 saturated carbocycles. The lowest BCUT2D eigenvalue weighted by Gasteiger charge is -2.56. The quantitative estimate of drug-likeness (QED) is 0.586. The first-order valence-electron chi connectivity index (χ1n) is 9.29. The summed E-state index contributed by atoms with van der Waals surface area (Å²) < 4.78 is 0. The highest BCUT2D eigenvalue weighted by Crippen LogP contribution is 2.73. The van der Waals surface area contributed by atoms with Crippen molar-refractivity contribution in [1.29, 1.82) is 0 Å². The molecule has 0 aromatic carbocycles. The summed E-state index contributed by atoms with van der Waals surface area (Å²) in [6.45, 7) is 4.90. The average molecular weight is 284 g/mol. The van der Waals surface area contributed by atoms with Crippen molar-refractivity contribution < 1.29 is 4.79 Å². The van der Waals surface area contributed by atoms with Crippen molar-refractivity contribution in [3.8, 4) is 0 Å². The van der Waals surface area contributed by atoms with Gasteiger partial charge in [-0.05, 0) is 80.0 Å². The van der Waals surface area contributed by atoms with E-state index in [1.165, 1.54) is 44.9 Å². The third-order valence-corrected chi connectivity index (χ3v) is 8.52. The summed E-state index contributed by atoms with van der Waals surface area (Å²) >= 11 is 0. The van der Waals surface area contributed by atoms with Crippen LogP contribution in [-0.4, -0.2) is 5.78 Å². The third-order valence-electron chi connectivity index (χ3n) is 8.52. The maximum Gasteiger partial charge on any atom is 0.139 e. The van der Waals surface area contributed by atoms with Crippen LogP contribution in [0.3, 0.4) is 0 Å². The smallest absolute Gasteiger partial charge is 0.139 e. The largest absolute Gasteiger partial charge is 0.299 e. The normalized spacial score (nSPS) is 57.7. The summed E-state index contributed by atoms with van der Waals surface area (Å²) in [5, 5.41) is 0. The molecule has 0 saturated heterocycles. The van der Waals surface area contributed by atoms with E-state index in [1.807, 2.05) is 5.57 Å². The van der Waals surface area contributed by atoms with Gasteiger partial charge in [0.2, 0.25) is 0 Å². The molecule has 7 atom stereocenters. The van der Waals surface area contributed by atoms with E-state index in [0.29, 0.717) is 11.2 Å². The van der Waals surface area contributed by atoms with Crippen molar-refractivity contribution in [3.05, 3.63) is 11.6 Å². The van der Waals surface area contributed by atoms with Crippen molar-refractivity contribution in [1.82, 2.24) is 0 Å². The Morgan fingerprint density at radius 2 is 1.90 bits per heavy atom. The predicted molar refractivity (Wildman–Crippen MR) is 83.7 cm³/mol. The zero-order valence-corrected chi connectivity index (χ0v) is 13.5. The number of hydrogen-bond donors (Lipinski definition) is 0. The zero-order valence-electron chi connectivity index (χ0n) is 13.5. The molecule has 1 heteroatoms. The number of hydrogen-bond acceptors (Lipinski definition) is 1. The van der Waals surface area contributed by atoms with Crippen LogP contribution in [-0.2, 0) is 4.79 Å². The van der Waals surface area contributed by atoms with Gasteiger partial charge in [-0.25, -0.2) is 0 Å². The van der Waals surface area contributed by atoms with Crippen molar-refractivity contribution >= 4 is 5.78 Å². The maximum absolute atomic E-state index is 12.5. The average Bonchev–Trinajstić information content (AvgIpc) is 3.19. The minimum Gasteiger partial charge on any atom is -0.299 e. The molecular weight excluding hydrogens is 256 g/mol. The monoisotopic (exact) mass is 284 g/mol. The molecule has 21 heavy (non-hydrogen) atoms. The number of carbonyl (C=O) groups is 1. The van der Waals surface area contributed by atoms with Crippen molar-refractivity contribution in [3.63, 3.8) is 0 Å². The van der Waals surface area contributed by atoms with E-state index >= 15 is 0 Å². The molecule has 0 amide bonds. The van der Waals surface area contributed by atoms with E-state index in [0.717, 1.165) is 36.0 Å². The Morgan fingerprint density at radius 3 is 2.76 bits per heavy atom. The molecule has 5 aliphatic rings. The van der Waals surface area contributed by atoms with E-state index in [2.05, 4.69) is 19.9 Å². The van der Waals surface area contributed by atoms with Crippen molar-refractivity contribution in [2.75, 3.05) is 0 Å². The maximum atomic E-state index is 12.5. The van der Waals surface area contributed by atoms with Gasteiger partial charge in [-0.15, -0.1) is 0 Å². The Balaban J connectivity index is 1.59. The number of allylic oxidation sites excluding steroid dienone is 2. The SMILES string of the molecule is C[C@]12CCCC=C1[C@@H]1C[C@@H]1[C@@H]1[C@@H]2CC[C@]2(C)C(=O)CC[C@@H]12. The van der Waals surface area contributed by atoms with Gasteiger partial charge in [-0.1, -0.05) is 25.5 Å². The Bertz CT molecular complexity index is 546. The highest BCUT2D eigenvalue weighted by molar-refractivity contribution is 5.87. The summed E-state index contributed by atoms with van der Waals surface area (Å²) in [6.07, 6.45) is 12.8. The van der Waals surface area contributed by atoms with Crippen LogP contribution in [0, 0.1) is 40.4 Å². The molecule has 0 unspecified atom stereocenters. The molecule has 0 radical (unpaired) electrons. The first-order chi connectivity index (χ1) is 10.1. The molecule has 4 fully saturated rings. The standard InChI is InChI=1S/C20H28O/c1-19-9-4-3-5-14(19)12-11-13(12)18-15-6-7-17(21)20(15,2)10-8-16(18)19/h5,12-13,15-16,18H,3-4,6-11H2,1-2H3/t12-,13+,15+,16+,18+,19+,20+/m1/s1. The predicted octanol–water partition coefficient (Wildman–Crippen LogP) is 4.76. The van der Waals surface area contributed by atoms with E-state index < -0.39 is 0 Å². The number of fused-ring (bicyclic) bond motifs is 8. The Hall–Kier alpha value is -0.590. The fraction of sp³-hybridized carbons (Fsp3) is 0.850. The highest BCUT2D eigenvalue weighted by Gasteiger charge is 2.67. The lowest BCUT2D eigenvalue weighted by molar-refractivity contribution is -0.132. The topological polar surface area (TPSA) is 17.1 Å². The molecule has 0 aromatic rings. The van der Waals surface area contributed by atoms with Gasteiger partial charge in [0, 0.05) is 11.8 Å². The zero-order chi connectivity index (χ0) is 14.4. The molecule has 114 valence electrons. The first kappa shape index (κ1) is 12.9. The fourth-order valence-electron chi connectivity index (χ4n) is 7.38. The van der Waals surface area contributed by atoms with Crippen LogP contribution >= 0.6 is 0 Å². The second-order valence-corrected chi connectivity index (χ2v) is 9.18. The van der Waals surface area contributed by atoms with Gasteiger partial charge < -0.3 is 0 Å². The van der Waals surface area contributed by atoms with Gasteiger partial charge in [-0.3, -0.25) is 4.79 Å². The molecule has 0 bridgehead atoms. The van der Waals surface area contributed by atoms with Gasteiger partial charge in [0.1, 0.15) is 5.78 Å². The van der Waals surface area contributed by atoms with Crippen LogP contribution < -0.4 is 0 Å². The second kappa shape index (κ2) is 3.84. The molecule has 0 spiro atoms. The summed E-state index contributed by atoms with van der Waals surface area (Å²) in [7, 11) is 0. The summed E-state index contributed by atoms with van der Waals surface area (Å²) in [5.41, 5.74) is 2.40. The molecule has 5 aliphatic carbocycles. The van der Waals surface area contributed by atoms with Crippen LogP contribution in [0.4, 0.5) is 0 Å². The van der Waals surface area contributed by atoms with E-state index in [4.69, 9.17) is 0 Å². The second-order valence-electron chi connectivity index (χ2n) is 9.18. The molecular formula is C20H28O. The van der Waals surface area contributed by atoms with E-state index in [-0.39, 0.29) is 5.41 Å². The van der Waals surface area contributed by atoms with Crippen molar-refractivity contribution in [2.45, 2.75) is 65.2 Å². The van der Waals surface area contributed by atoms with Crippen LogP contribution in [0.2, 0.25) is 0 Å². The van der Waals surface area contributed by atoms with E-state index in [9.17, 15) is 4.79 Å². The highest BCUT2D eigenvalue weighted by atomic mass is 16.1. The van der Waals surface area contributed by atoms with Crippen LogP contribution in [0.15, 0.2) is 11.6 Å². The Labute approximate surface area is 128 Å². The molecule has 1 nitrogen and oxygen atoms in total. The summed E-state index contributed by atoms with van der Waals surface area (Å²) in [6, 6.07) is 0. The van der Waals surface area contributed by atoms with Gasteiger partial charge in [0.05, 0.1) is 0 Å². The lowest BCUT2D eigenvalue weighted by Crippen LogP contribution is -2.51. The minimum absolute atomic E-state index is 0.0561. The number of rotatable bonds is 0.